The molecule has 5 nitrogen and oxygen atoms in total. The first-order chi connectivity index (χ1) is 7.36. The number of aromatic nitrogens is 2. The van der Waals surface area contributed by atoms with Gasteiger partial charge in [0, 0.05) is 19.3 Å². The smallest absolute Gasteiger partial charge is 0.243 e. The molecule has 0 aliphatic heterocycles. The highest BCUT2D eigenvalue weighted by atomic mass is 32.2. The molecule has 0 saturated carbocycles. The van der Waals surface area contributed by atoms with Crippen LogP contribution in [0.25, 0.3) is 0 Å². The quantitative estimate of drug-likeness (QED) is 0.846. The van der Waals surface area contributed by atoms with E-state index < -0.39 is 10.0 Å². The van der Waals surface area contributed by atoms with Gasteiger partial charge in [-0.25, -0.2) is 13.1 Å². The fraction of sp³-hybridized carbons (Fsp3) is 0.700. The van der Waals surface area contributed by atoms with Gasteiger partial charge in [0.1, 0.15) is 4.90 Å². The zero-order chi connectivity index (χ0) is 12.3. The van der Waals surface area contributed by atoms with Gasteiger partial charge in [-0.3, -0.25) is 4.68 Å². The zero-order valence-electron chi connectivity index (χ0n) is 10.2. The Hall–Kier alpha value is -0.880. The first-order valence-electron chi connectivity index (χ1n) is 5.40. The van der Waals surface area contributed by atoms with Crippen LogP contribution in [0.1, 0.15) is 26.5 Å². The lowest BCUT2D eigenvalue weighted by molar-refractivity contribution is 0.559. The molecule has 1 N–H and O–H groups in total. The molecule has 1 aromatic heterocycles. The highest BCUT2D eigenvalue weighted by Crippen LogP contribution is 2.13. The molecule has 92 valence electrons. The second kappa shape index (κ2) is 4.97. The molecule has 16 heavy (non-hydrogen) atoms. The van der Waals surface area contributed by atoms with E-state index in [2.05, 4.69) is 9.82 Å². The summed E-state index contributed by atoms with van der Waals surface area (Å²) in [5, 5.41) is 4.12. The van der Waals surface area contributed by atoms with Crippen molar-refractivity contribution in [1.82, 2.24) is 14.5 Å². The molecule has 6 heteroatoms. The Balaban J connectivity index is 2.93. The number of hydrogen-bond acceptors (Lipinski definition) is 3. The Labute approximate surface area is 96.9 Å². The van der Waals surface area contributed by atoms with Gasteiger partial charge in [0.2, 0.25) is 10.0 Å². The third-order valence-corrected chi connectivity index (χ3v) is 3.72. The first kappa shape index (κ1) is 13.2. The highest BCUT2D eigenvalue weighted by molar-refractivity contribution is 7.89. The second-order valence-corrected chi connectivity index (χ2v) is 5.92. The van der Waals surface area contributed by atoms with Gasteiger partial charge in [-0.15, -0.1) is 0 Å². The Bertz CT molecular complexity index is 449. The van der Waals surface area contributed by atoms with Crippen LogP contribution in [0.2, 0.25) is 0 Å². The van der Waals surface area contributed by atoms with Gasteiger partial charge in [-0.05, 0) is 19.8 Å². The van der Waals surface area contributed by atoms with Crippen molar-refractivity contribution in [2.45, 2.75) is 39.1 Å². The van der Waals surface area contributed by atoms with Crippen LogP contribution in [0.4, 0.5) is 0 Å². The number of nitrogens with zero attached hydrogens (tertiary/aromatic N) is 2. The first-order valence-corrected chi connectivity index (χ1v) is 6.89. The standard InChI is InChI=1S/C10H19N3O2S/c1-5-13-7-10(9(4)12-13)16(14,15)11-6-8(2)3/h7-8,11H,5-6H2,1-4H3. The van der Waals surface area contributed by atoms with E-state index in [1.54, 1.807) is 17.8 Å². The summed E-state index contributed by atoms with van der Waals surface area (Å²) in [7, 11) is -3.41. The van der Waals surface area contributed by atoms with Crippen LogP contribution in [-0.2, 0) is 16.6 Å². The van der Waals surface area contributed by atoms with Crippen LogP contribution in [-0.4, -0.2) is 24.7 Å². The van der Waals surface area contributed by atoms with Crippen molar-refractivity contribution >= 4 is 10.0 Å². The lowest BCUT2D eigenvalue weighted by atomic mass is 10.2. The fourth-order valence-electron chi connectivity index (χ4n) is 1.28. The summed E-state index contributed by atoms with van der Waals surface area (Å²) in [6.45, 7) is 8.66. The molecule has 0 saturated heterocycles. The summed E-state index contributed by atoms with van der Waals surface area (Å²) < 4.78 is 28.0. The van der Waals surface area contributed by atoms with Crippen LogP contribution < -0.4 is 4.72 Å². The molecule has 0 unspecified atom stereocenters. The summed E-state index contributed by atoms with van der Waals surface area (Å²) in [6.07, 6.45) is 1.57. The predicted octanol–water partition coefficient (Wildman–Crippen LogP) is 1.15. The minimum atomic E-state index is -3.41. The van der Waals surface area contributed by atoms with Gasteiger partial charge in [0.05, 0.1) is 5.69 Å². The summed E-state index contributed by atoms with van der Waals surface area (Å²) in [5.41, 5.74) is 0.540. The number of nitrogens with one attached hydrogen (secondary N) is 1. The van der Waals surface area contributed by atoms with Crippen molar-refractivity contribution in [2.75, 3.05) is 6.54 Å². The maximum Gasteiger partial charge on any atom is 0.243 e. The van der Waals surface area contributed by atoms with Gasteiger partial charge in [-0.1, -0.05) is 13.8 Å². The molecule has 0 spiro atoms. The minimum absolute atomic E-state index is 0.273. The van der Waals surface area contributed by atoms with Crippen molar-refractivity contribution in [1.29, 1.82) is 0 Å². The van der Waals surface area contributed by atoms with Crippen molar-refractivity contribution < 1.29 is 8.42 Å². The average Bonchev–Trinajstić information content (AvgIpc) is 2.57. The Morgan fingerprint density at radius 1 is 1.50 bits per heavy atom. The van der Waals surface area contributed by atoms with Gasteiger partial charge in [0.15, 0.2) is 0 Å². The number of aryl methyl sites for hydroxylation is 2. The molecule has 0 amide bonds. The third-order valence-electron chi connectivity index (χ3n) is 2.20. The summed E-state index contributed by atoms with van der Waals surface area (Å²) >= 11 is 0. The molecule has 1 heterocycles. The van der Waals surface area contributed by atoms with Crippen LogP contribution >= 0.6 is 0 Å². The highest BCUT2D eigenvalue weighted by Gasteiger charge is 2.19. The molecular weight excluding hydrogens is 226 g/mol. The van der Waals surface area contributed by atoms with Gasteiger partial charge in [0.25, 0.3) is 0 Å². The van der Waals surface area contributed by atoms with Gasteiger partial charge in [-0.2, -0.15) is 5.10 Å². The summed E-state index contributed by atoms with van der Waals surface area (Å²) in [5.74, 6) is 0.288. The maximum absolute atomic E-state index is 11.9. The Kier molecular flexibility index (Phi) is 4.09. The van der Waals surface area contributed by atoms with Crippen LogP contribution in [0.5, 0.6) is 0 Å². The lowest BCUT2D eigenvalue weighted by Crippen LogP contribution is -2.27. The van der Waals surface area contributed by atoms with Crippen molar-refractivity contribution in [3.05, 3.63) is 11.9 Å². The predicted molar refractivity (Wildman–Crippen MR) is 62.7 cm³/mol. The van der Waals surface area contributed by atoms with E-state index in [1.165, 1.54) is 0 Å². The van der Waals surface area contributed by atoms with E-state index in [4.69, 9.17) is 0 Å². The van der Waals surface area contributed by atoms with Crippen molar-refractivity contribution in [2.24, 2.45) is 5.92 Å². The van der Waals surface area contributed by atoms with Crippen LogP contribution in [0.3, 0.4) is 0 Å². The third kappa shape index (κ3) is 3.05. The molecule has 0 atom stereocenters. The molecule has 0 aliphatic rings. The maximum atomic E-state index is 11.9. The second-order valence-electron chi connectivity index (χ2n) is 4.18. The number of hydrogen-bond donors (Lipinski definition) is 1. The Morgan fingerprint density at radius 3 is 2.56 bits per heavy atom. The molecule has 1 rings (SSSR count). The minimum Gasteiger partial charge on any atom is -0.271 e. The van der Waals surface area contributed by atoms with E-state index in [1.807, 2.05) is 20.8 Å². The van der Waals surface area contributed by atoms with E-state index in [0.29, 0.717) is 18.8 Å². The largest absolute Gasteiger partial charge is 0.271 e. The van der Waals surface area contributed by atoms with Gasteiger partial charge >= 0.3 is 0 Å². The molecule has 0 radical (unpaired) electrons. The molecule has 0 aromatic carbocycles. The molecule has 0 fully saturated rings. The normalized spacial score (nSPS) is 12.3. The zero-order valence-corrected chi connectivity index (χ0v) is 11.0. The molecule has 0 bridgehead atoms. The number of sulfonamides is 1. The summed E-state index contributed by atoms with van der Waals surface area (Å²) in [4.78, 5) is 0.273. The Morgan fingerprint density at radius 2 is 2.12 bits per heavy atom. The van der Waals surface area contributed by atoms with E-state index in [-0.39, 0.29) is 10.8 Å². The summed E-state index contributed by atoms with van der Waals surface area (Å²) in [6, 6.07) is 0. The van der Waals surface area contributed by atoms with Gasteiger partial charge < -0.3 is 0 Å². The molecule has 1 aromatic rings. The lowest BCUT2D eigenvalue weighted by Gasteiger charge is -2.07. The number of rotatable bonds is 5. The SMILES string of the molecule is CCn1cc(S(=O)(=O)NCC(C)C)c(C)n1. The molecular formula is C10H19N3O2S. The average molecular weight is 245 g/mol. The van der Waals surface area contributed by atoms with Crippen LogP contribution in [0.15, 0.2) is 11.1 Å². The fourth-order valence-corrected chi connectivity index (χ4v) is 2.68. The monoisotopic (exact) mass is 245 g/mol. The van der Waals surface area contributed by atoms with E-state index >= 15 is 0 Å². The van der Waals surface area contributed by atoms with E-state index in [0.717, 1.165) is 0 Å². The van der Waals surface area contributed by atoms with Crippen molar-refractivity contribution in [3.8, 4) is 0 Å². The van der Waals surface area contributed by atoms with Crippen LogP contribution in [0, 0.1) is 12.8 Å². The van der Waals surface area contributed by atoms with E-state index in [9.17, 15) is 8.42 Å². The molecule has 0 aliphatic carbocycles. The van der Waals surface area contributed by atoms with Crippen molar-refractivity contribution in [3.63, 3.8) is 0 Å². The topological polar surface area (TPSA) is 64.0 Å².